The first kappa shape index (κ1) is 16.9. The van der Waals surface area contributed by atoms with E-state index in [1.807, 2.05) is 0 Å². The fourth-order valence-electron chi connectivity index (χ4n) is 3.89. The molecule has 132 valence electrons. The number of nitro groups is 1. The minimum absolute atomic E-state index is 0.0206. The standard InChI is InChI=1S/C17H26N4O3/c1-11-4-6-14(7-5-11)20(15-8-9-15)16(22)10-19-13(3)17(21(23)24)12(2)18-19/h11,14-15H,4-10H2,1-3H3. The fraction of sp³-hybridized carbons (Fsp3) is 0.765. The van der Waals surface area contributed by atoms with Crippen molar-refractivity contribution in [1.82, 2.24) is 14.7 Å². The number of aryl methyl sites for hydroxylation is 1. The average molecular weight is 334 g/mol. The van der Waals surface area contributed by atoms with Gasteiger partial charge < -0.3 is 4.90 Å². The fourth-order valence-corrected chi connectivity index (χ4v) is 3.89. The van der Waals surface area contributed by atoms with Gasteiger partial charge in [-0.3, -0.25) is 19.6 Å². The van der Waals surface area contributed by atoms with Crippen LogP contribution in [0.5, 0.6) is 0 Å². The van der Waals surface area contributed by atoms with Crippen molar-refractivity contribution < 1.29 is 9.72 Å². The molecule has 2 aliphatic rings. The number of aromatic nitrogens is 2. The quantitative estimate of drug-likeness (QED) is 0.612. The first-order valence-electron chi connectivity index (χ1n) is 8.88. The molecule has 1 aromatic heterocycles. The first-order chi connectivity index (χ1) is 11.4. The molecule has 7 nitrogen and oxygen atoms in total. The van der Waals surface area contributed by atoms with Crippen molar-refractivity contribution in [2.45, 2.75) is 77.9 Å². The van der Waals surface area contributed by atoms with Crippen LogP contribution in [-0.2, 0) is 11.3 Å². The maximum Gasteiger partial charge on any atom is 0.312 e. The van der Waals surface area contributed by atoms with Gasteiger partial charge in [0.25, 0.3) is 0 Å². The Kier molecular flexibility index (Phi) is 4.60. The summed E-state index contributed by atoms with van der Waals surface area (Å²) < 4.78 is 1.50. The molecule has 0 unspecified atom stereocenters. The maximum absolute atomic E-state index is 12.9. The molecule has 24 heavy (non-hydrogen) atoms. The van der Waals surface area contributed by atoms with E-state index >= 15 is 0 Å². The highest BCUT2D eigenvalue weighted by molar-refractivity contribution is 5.77. The number of carbonyl (C=O) groups is 1. The molecular weight excluding hydrogens is 308 g/mol. The molecule has 0 bridgehead atoms. The highest BCUT2D eigenvalue weighted by atomic mass is 16.6. The summed E-state index contributed by atoms with van der Waals surface area (Å²) >= 11 is 0. The number of hydrogen-bond donors (Lipinski definition) is 0. The minimum atomic E-state index is -0.417. The van der Waals surface area contributed by atoms with Crippen LogP contribution in [0.4, 0.5) is 5.69 Å². The van der Waals surface area contributed by atoms with Gasteiger partial charge in [0.2, 0.25) is 5.91 Å². The Balaban J connectivity index is 1.75. The third-order valence-corrected chi connectivity index (χ3v) is 5.42. The molecule has 2 aliphatic carbocycles. The highest BCUT2D eigenvalue weighted by Crippen LogP contribution is 2.35. The van der Waals surface area contributed by atoms with E-state index in [4.69, 9.17) is 0 Å². The van der Waals surface area contributed by atoms with Crippen molar-refractivity contribution in [3.63, 3.8) is 0 Å². The summed E-state index contributed by atoms with van der Waals surface area (Å²) in [5.74, 6) is 0.800. The molecule has 0 radical (unpaired) electrons. The van der Waals surface area contributed by atoms with Crippen molar-refractivity contribution in [3.05, 3.63) is 21.5 Å². The Labute approximate surface area is 142 Å². The van der Waals surface area contributed by atoms with Gasteiger partial charge in [-0.15, -0.1) is 0 Å². The molecule has 1 heterocycles. The maximum atomic E-state index is 12.9. The second-order valence-corrected chi connectivity index (χ2v) is 7.38. The average Bonchev–Trinajstić information content (AvgIpc) is 3.28. The Bertz CT molecular complexity index is 643. The first-order valence-corrected chi connectivity index (χ1v) is 8.88. The summed E-state index contributed by atoms with van der Waals surface area (Å²) in [6.45, 7) is 5.65. The van der Waals surface area contributed by atoms with Gasteiger partial charge in [0.05, 0.1) is 4.92 Å². The topological polar surface area (TPSA) is 81.3 Å². The van der Waals surface area contributed by atoms with Gasteiger partial charge in [-0.1, -0.05) is 6.92 Å². The van der Waals surface area contributed by atoms with E-state index in [-0.39, 0.29) is 18.1 Å². The summed E-state index contributed by atoms with van der Waals surface area (Å²) in [5.41, 5.74) is 0.848. The minimum Gasteiger partial charge on any atom is -0.335 e. The van der Waals surface area contributed by atoms with E-state index in [1.165, 1.54) is 17.5 Å². The zero-order valence-corrected chi connectivity index (χ0v) is 14.7. The smallest absolute Gasteiger partial charge is 0.312 e. The van der Waals surface area contributed by atoms with E-state index < -0.39 is 4.92 Å². The van der Waals surface area contributed by atoms with E-state index in [1.54, 1.807) is 13.8 Å². The summed E-state index contributed by atoms with van der Waals surface area (Å²) in [5, 5.41) is 15.3. The van der Waals surface area contributed by atoms with Crippen LogP contribution < -0.4 is 0 Å². The molecule has 0 aromatic carbocycles. The van der Waals surface area contributed by atoms with Crippen molar-refractivity contribution in [1.29, 1.82) is 0 Å². The van der Waals surface area contributed by atoms with Gasteiger partial charge in [-0.2, -0.15) is 5.10 Å². The highest BCUT2D eigenvalue weighted by Gasteiger charge is 2.38. The van der Waals surface area contributed by atoms with Gasteiger partial charge >= 0.3 is 5.69 Å². The van der Waals surface area contributed by atoms with E-state index in [9.17, 15) is 14.9 Å². The molecule has 0 aliphatic heterocycles. The number of carbonyl (C=O) groups excluding carboxylic acids is 1. The van der Waals surface area contributed by atoms with Crippen LogP contribution in [0, 0.1) is 29.9 Å². The lowest BCUT2D eigenvalue weighted by Crippen LogP contribution is -2.45. The second-order valence-electron chi connectivity index (χ2n) is 7.38. The summed E-state index contributed by atoms with van der Waals surface area (Å²) in [6, 6.07) is 0.691. The van der Waals surface area contributed by atoms with E-state index in [2.05, 4.69) is 16.9 Å². The lowest BCUT2D eigenvalue weighted by Gasteiger charge is -2.36. The number of amides is 1. The van der Waals surface area contributed by atoms with Gasteiger partial charge in [0.1, 0.15) is 17.9 Å². The molecule has 3 rings (SSSR count). The molecule has 2 fully saturated rings. The van der Waals surface area contributed by atoms with Crippen molar-refractivity contribution in [3.8, 4) is 0 Å². The van der Waals surface area contributed by atoms with Crippen molar-refractivity contribution in [2.24, 2.45) is 5.92 Å². The predicted molar refractivity (Wildman–Crippen MR) is 89.6 cm³/mol. The molecular formula is C17H26N4O3. The van der Waals surface area contributed by atoms with Crippen LogP contribution in [0.1, 0.15) is 56.8 Å². The normalized spacial score (nSPS) is 24.0. The molecule has 0 spiro atoms. The third-order valence-electron chi connectivity index (χ3n) is 5.42. The molecule has 2 saturated carbocycles. The Morgan fingerprint density at radius 2 is 1.75 bits per heavy atom. The SMILES string of the molecule is Cc1nn(CC(=O)N(C2CCC(C)CC2)C2CC2)c(C)c1[N+](=O)[O-]. The zero-order chi connectivity index (χ0) is 17.4. The molecule has 7 heteroatoms. The summed E-state index contributed by atoms with van der Waals surface area (Å²) in [6.07, 6.45) is 6.64. The number of nitrogens with zero attached hydrogens (tertiary/aromatic N) is 4. The largest absolute Gasteiger partial charge is 0.335 e. The van der Waals surface area contributed by atoms with E-state index in [0.29, 0.717) is 23.5 Å². The Morgan fingerprint density at radius 1 is 1.21 bits per heavy atom. The van der Waals surface area contributed by atoms with E-state index in [0.717, 1.165) is 31.6 Å². The Hall–Kier alpha value is -1.92. The second kappa shape index (κ2) is 6.53. The predicted octanol–water partition coefficient (Wildman–Crippen LogP) is 2.98. The molecule has 0 saturated heterocycles. The lowest BCUT2D eigenvalue weighted by molar-refractivity contribution is -0.386. The van der Waals surface area contributed by atoms with Crippen LogP contribution in [0.15, 0.2) is 0 Å². The summed E-state index contributed by atoms with van der Waals surface area (Å²) in [4.78, 5) is 25.7. The van der Waals surface area contributed by atoms with Crippen LogP contribution in [-0.4, -0.2) is 37.6 Å². The van der Waals surface area contributed by atoms with Crippen molar-refractivity contribution in [2.75, 3.05) is 0 Å². The van der Waals surface area contributed by atoms with Crippen LogP contribution >= 0.6 is 0 Å². The molecule has 1 amide bonds. The number of hydrogen-bond acceptors (Lipinski definition) is 4. The molecule has 0 N–H and O–H groups in total. The number of rotatable bonds is 5. The molecule has 0 atom stereocenters. The van der Waals surface area contributed by atoms with Crippen LogP contribution in [0.25, 0.3) is 0 Å². The van der Waals surface area contributed by atoms with Crippen molar-refractivity contribution >= 4 is 11.6 Å². The molecule has 1 aromatic rings. The lowest BCUT2D eigenvalue weighted by atomic mass is 9.86. The van der Waals surface area contributed by atoms with Gasteiger partial charge in [0, 0.05) is 12.1 Å². The Morgan fingerprint density at radius 3 is 2.21 bits per heavy atom. The van der Waals surface area contributed by atoms with Crippen LogP contribution in [0.3, 0.4) is 0 Å². The van der Waals surface area contributed by atoms with Gasteiger partial charge in [-0.25, -0.2) is 0 Å². The van der Waals surface area contributed by atoms with Crippen LogP contribution in [0.2, 0.25) is 0 Å². The zero-order valence-electron chi connectivity index (χ0n) is 14.7. The van der Waals surface area contributed by atoms with Gasteiger partial charge in [0.15, 0.2) is 0 Å². The monoisotopic (exact) mass is 334 g/mol. The third kappa shape index (κ3) is 3.30. The summed E-state index contributed by atoms with van der Waals surface area (Å²) in [7, 11) is 0. The van der Waals surface area contributed by atoms with Gasteiger partial charge in [-0.05, 0) is 58.3 Å².